The van der Waals surface area contributed by atoms with Crippen LogP contribution in [0.3, 0.4) is 0 Å². The number of rotatable bonds is 9. The topological polar surface area (TPSA) is 77.0 Å². The summed E-state index contributed by atoms with van der Waals surface area (Å²) in [5.41, 5.74) is 2.15. The molecule has 1 aromatic carbocycles. The molecule has 0 spiro atoms. The SMILES string of the molecule is CCNC(=NCc1ccc(OC)c(OC)c1)NCc1ccnc(OC2CCCC2)c1.I. The first-order chi connectivity index (χ1) is 14.7. The molecule has 0 saturated heterocycles. The molecule has 2 aromatic rings. The summed E-state index contributed by atoms with van der Waals surface area (Å²) in [4.78, 5) is 9.04. The number of aliphatic imine (C=N–C) groups is 1. The molecule has 1 aromatic heterocycles. The van der Waals surface area contributed by atoms with E-state index in [0.717, 1.165) is 36.5 Å². The Bertz CT molecular complexity index is 841. The van der Waals surface area contributed by atoms with Gasteiger partial charge in [0.25, 0.3) is 0 Å². The van der Waals surface area contributed by atoms with E-state index < -0.39 is 0 Å². The molecule has 0 unspecified atom stereocenters. The van der Waals surface area contributed by atoms with Gasteiger partial charge in [0.05, 0.1) is 20.8 Å². The number of nitrogens with one attached hydrogen (secondary N) is 2. The molecule has 170 valence electrons. The van der Waals surface area contributed by atoms with Crippen LogP contribution >= 0.6 is 24.0 Å². The average molecular weight is 540 g/mol. The minimum absolute atomic E-state index is 0. The van der Waals surface area contributed by atoms with E-state index in [1.54, 1.807) is 20.4 Å². The smallest absolute Gasteiger partial charge is 0.213 e. The number of hydrogen-bond acceptors (Lipinski definition) is 5. The van der Waals surface area contributed by atoms with Gasteiger partial charge in [0.1, 0.15) is 6.10 Å². The molecule has 8 heteroatoms. The van der Waals surface area contributed by atoms with Gasteiger partial charge >= 0.3 is 0 Å². The molecule has 0 amide bonds. The molecule has 0 bridgehead atoms. The van der Waals surface area contributed by atoms with Crippen molar-refractivity contribution in [2.45, 2.75) is 51.8 Å². The molecule has 2 N–H and O–H groups in total. The number of hydrogen-bond donors (Lipinski definition) is 2. The van der Waals surface area contributed by atoms with Crippen LogP contribution in [0.25, 0.3) is 0 Å². The molecule has 1 heterocycles. The Balaban J connectivity index is 0.00000341. The zero-order valence-electron chi connectivity index (χ0n) is 18.5. The highest BCUT2D eigenvalue weighted by Crippen LogP contribution is 2.27. The van der Waals surface area contributed by atoms with E-state index >= 15 is 0 Å². The summed E-state index contributed by atoms with van der Waals surface area (Å²) >= 11 is 0. The maximum absolute atomic E-state index is 6.01. The van der Waals surface area contributed by atoms with Crippen LogP contribution < -0.4 is 24.8 Å². The molecular formula is C23H33IN4O3. The minimum atomic E-state index is 0. The summed E-state index contributed by atoms with van der Waals surface area (Å²) in [5.74, 6) is 2.87. The summed E-state index contributed by atoms with van der Waals surface area (Å²) in [6.07, 6.45) is 6.84. The van der Waals surface area contributed by atoms with Gasteiger partial charge in [0.2, 0.25) is 5.88 Å². The fourth-order valence-corrected chi connectivity index (χ4v) is 3.48. The highest BCUT2D eigenvalue weighted by Gasteiger charge is 2.17. The molecule has 0 atom stereocenters. The summed E-state index contributed by atoms with van der Waals surface area (Å²) in [6.45, 7) is 4.00. The molecule has 3 rings (SSSR count). The molecule has 31 heavy (non-hydrogen) atoms. The lowest BCUT2D eigenvalue weighted by molar-refractivity contribution is 0.201. The molecule has 1 saturated carbocycles. The Labute approximate surface area is 202 Å². The second kappa shape index (κ2) is 13.2. The lowest BCUT2D eigenvalue weighted by Crippen LogP contribution is -2.36. The van der Waals surface area contributed by atoms with Crippen LogP contribution in [0.1, 0.15) is 43.7 Å². The molecule has 0 radical (unpaired) electrons. The number of methoxy groups -OCH3 is 2. The van der Waals surface area contributed by atoms with Crippen molar-refractivity contribution in [1.29, 1.82) is 0 Å². The largest absolute Gasteiger partial charge is 0.493 e. The number of pyridine rings is 1. The summed E-state index contributed by atoms with van der Waals surface area (Å²) in [6, 6.07) is 9.83. The van der Waals surface area contributed by atoms with E-state index in [1.165, 1.54) is 12.8 Å². The lowest BCUT2D eigenvalue weighted by atomic mass is 10.2. The van der Waals surface area contributed by atoms with Crippen LogP contribution in [0.15, 0.2) is 41.5 Å². The first-order valence-electron chi connectivity index (χ1n) is 10.6. The van der Waals surface area contributed by atoms with Crippen LogP contribution in [0.2, 0.25) is 0 Å². The predicted molar refractivity (Wildman–Crippen MR) is 134 cm³/mol. The van der Waals surface area contributed by atoms with E-state index in [-0.39, 0.29) is 24.0 Å². The second-order valence-electron chi connectivity index (χ2n) is 7.26. The van der Waals surface area contributed by atoms with E-state index in [9.17, 15) is 0 Å². The van der Waals surface area contributed by atoms with Crippen LogP contribution in [0.4, 0.5) is 0 Å². The van der Waals surface area contributed by atoms with Crippen LogP contribution in [-0.2, 0) is 13.1 Å². The first kappa shape index (κ1) is 25.0. The van der Waals surface area contributed by atoms with Crippen molar-refractivity contribution in [3.8, 4) is 17.4 Å². The van der Waals surface area contributed by atoms with E-state index in [4.69, 9.17) is 14.2 Å². The van der Waals surface area contributed by atoms with E-state index in [1.807, 2.05) is 37.3 Å². The van der Waals surface area contributed by atoms with Gasteiger partial charge in [-0.15, -0.1) is 24.0 Å². The lowest BCUT2D eigenvalue weighted by Gasteiger charge is -2.14. The van der Waals surface area contributed by atoms with Gasteiger partial charge in [-0.3, -0.25) is 0 Å². The summed E-state index contributed by atoms with van der Waals surface area (Å²) in [5, 5.41) is 6.66. The number of ether oxygens (including phenoxy) is 3. The standard InChI is InChI=1S/C23H32N4O3.HI/c1-4-24-23(26-15-17-9-10-20(28-2)21(13-17)29-3)27-16-18-11-12-25-22(14-18)30-19-7-5-6-8-19;/h9-14,19H,4-8,15-16H2,1-3H3,(H2,24,26,27);1H. The van der Waals surface area contributed by atoms with Gasteiger partial charge in [0.15, 0.2) is 17.5 Å². The number of guanidine groups is 1. The van der Waals surface area contributed by atoms with Crippen molar-refractivity contribution >= 4 is 29.9 Å². The predicted octanol–water partition coefficient (Wildman–Crippen LogP) is 4.29. The molecule has 1 aliphatic carbocycles. The molecular weight excluding hydrogens is 507 g/mol. The summed E-state index contributed by atoms with van der Waals surface area (Å²) in [7, 11) is 3.27. The monoisotopic (exact) mass is 540 g/mol. The number of aromatic nitrogens is 1. The normalized spacial score (nSPS) is 14.0. The van der Waals surface area contributed by atoms with Crippen LogP contribution in [0.5, 0.6) is 17.4 Å². The van der Waals surface area contributed by atoms with Gasteiger partial charge in [0, 0.05) is 25.4 Å². The van der Waals surface area contributed by atoms with Crippen molar-refractivity contribution in [1.82, 2.24) is 15.6 Å². The quantitative estimate of drug-likeness (QED) is 0.281. The zero-order valence-corrected chi connectivity index (χ0v) is 20.8. The Kier molecular flexibility index (Phi) is 10.7. The average Bonchev–Trinajstić information content (AvgIpc) is 3.28. The van der Waals surface area contributed by atoms with Crippen molar-refractivity contribution < 1.29 is 14.2 Å². The fourth-order valence-electron chi connectivity index (χ4n) is 3.48. The van der Waals surface area contributed by atoms with Crippen LogP contribution in [-0.4, -0.2) is 37.8 Å². The number of benzene rings is 1. The highest BCUT2D eigenvalue weighted by molar-refractivity contribution is 14.0. The Morgan fingerprint density at radius 2 is 1.81 bits per heavy atom. The number of halogens is 1. The zero-order chi connectivity index (χ0) is 21.2. The third kappa shape index (κ3) is 7.75. The van der Waals surface area contributed by atoms with Crippen molar-refractivity contribution in [2.24, 2.45) is 4.99 Å². The Hall–Kier alpha value is -2.23. The van der Waals surface area contributed by atoms with Crippen LogP contribution in [0, 0.1) is 0 Å². The second-order valence-corrected chi connectivity index (χ2v) is 7.26. The third-order valence-corrected chi connectivity index (χ3v) is 5.06. The summed E-state index contributed by atoms with van der Waals surface area (Å²) < 4.78 is 16.7. The van der Waals surface area contributed by atoms with E-state index in [2.05, 4.69) is 20.6 Å². The van der Waals surface area contributed by atoms with Gasteiger partial charge in [-0.25, -0.2) is 9.98 Å². The molecule has 1 aliphatic rings. The number of nitrogens with zero attached hydrogens (tertiary/aromatic N) is 2. The third-order valence-electron chi connectivity index (χ3n) is 5.06. The van der Waals surface area contributed by atoms with Gasteiger partial charge < -0.3 is 24.8 Å². The van der Waals surface area contributed by atoms with Gasteiger partial charge in [-0.2, -0.15) is 0 Å². The van der Waals surface area contributed by atoms with Gasteiger partial charge in [-0.1, -0.05) is 6.07 Å². The first-order valence-corrected chi connectivity index (χ1v) is 10.6. The molecule has 7 nitrogen and oxygen atoms in total. The maximum atomic E-state index is 6.01. The molecule has 1 fully saturated rings. The van der Waals surface area contributed by atoms with Crippen molar-refractivity contribution in [2.75, 3.05) is 20.8 Å². The molecule has 0 aliphatic heterocycles. The Morgan fingerprint density at radius 3 is 2.52 bits per heavy atom. The maximum Gasteiger partial charge on any atom is 0.213 e. The van der Waals surface area contributed by atoms with E-state index in [0.29, 0.717) is 36.6 Å². The van der Waals surface area contributed by atoms with Crippen molar-refractivity contribution in [3.63, 3.8) is 0 Å². The minimum Gasteiger partial charge on any atom is -0.493 e. The van der Waals surface area contributed by atoms with Crippen molar-refractivity contribution in [3.05, 3.63) is 47.7 Å². The Morgan fingerprint density at radius 1 is 1.03 bits per heavy atom. The fraction of sp³-hybridized carbons (Fsp3) is 0.478. The highest BCUT2D eigenvalue weighted by atomic mass is 127. The van der Waals surface area contributed by atoms with Gasteiger partial charge in [-0.05, 0) is 61.9 Å².